The van der Waals surface area contributed by atoms with Gasteiger partial charge in [0.05, 0.1) is 11.9 Å². The third-order valence-corrected chi connectivity index (χ3v) is 4.49. The fraction of sp³-hybridized carbons (Fsp3) is 0.368. The van der Waals surface area contributed by atoms with E-state index in [1.165, 1.54) is 11.3 Å². The molecule has 1 aliphatic heterocycles. The van der Waals surface area contributed by atoms with Crippen molar-refractivity contribution in [3.63, 3.8) is 0 Å². The molecule has 2 aromatic rings. The van der Waals surface area contributed by atoms with Gasteiger partial charge in [-0.3, -0.25) is 4.98 Å². The fourth-order valence-electron chi connectivity index (χ4n) is 2.93. The van der Waals surface area contributed by atoms with Crippen LogP contribution in [0.1, 0.15) is 11.3 Å². The zero-order valence-corrected chi connectivity index (χ0v) is 14.5. The minimum absolute atomic E-state index is 0.464. The molecule has 1 saturated heterocycles. The highest BCUT2D eigenvalue weighted by atomic mass is 16.5. The molecule has 3 rings (SSSR count). The highest BCUT2D eigenvalue weighted by Gasteiger charge is 2.14. The van der Waals surface area contributed by atoms with Gasteiger partial charge in [-0.05, 0) is 49.7 Å². The van der Waals surface area contributed by atoms with Crippen LogP contribution < -0.4 is 15.4 Å². The van der Waals surface area contributed by atoms with E-state index >= 15 is 0 Å². The standard InChI is InChI=1S/C19H24N4O2/c1-22-10-12-23(13-11-22)17-7-6-16(21-14-17)5-2-15-3-8-18(9-4-15)25-19(20)24/h3-4,6-9,14H,2,5,10-13H2,1H3,(H2,20,24). The molecule has 25 heavy (non-hydrogen) atoms. The third kappa shape index (κ3) is 4.93. The summed E-state index contributed by atoms with van der Waals surface area (Å²) < 4.78 is 4.83. The van der Waals surface area contributed by atoms with Crippen LogP contribution in [-0.2, 0) is 12.8 Å². The lowest BCUT2D eigenvalue weighted by Gasteiger charge is -2.33. The molecular formula is C19H24N4O2. The van der Waals surface area contributed by atoms with Crippen LogP contribution >= 0.6 is 0 Å². The van der Waals surface area contributed by atoms with Crippen molar-refractivity contribution in [3.05, 3.63) is 53.9 Å². The van der Waals surface area contributed by atoms with Gasteiger partial charge in [-0.2, -0.15) is 0 Å². The SMILES string of the molecule is CN1CCN(c2ccc(CCc3ccc(OC(N)=O)cc3)nc2)CC1. The number of aromatic nitrogens is 1. The molecule has 0 saturated carbocycles. The van der Waals surface area contributed by atoms with Crippen molar-refractivity contribution in [2.45, 2.75) is 12.8 Å². The first-order chi connectivity index (χ1) is 12.1. The average molecular weight is 340 g/mol. The van der Waals surface area contributed by atoms with E-state index in [-0.39, 0.29) is 0 Å². The first-order valence-electron chi connectivity index (χ1n) is 8.55. The highest BCUT2D eigenvalue weighted by molar-refractivity contribution is 5.68. The van der Waals surface area contributed by atoms with E-state index in [0.29, 0.717) is 5.75 Å². The number of likely N-dealkylation sites (N-methyl/N-ethyl adjacent to an activating group) is 1. The molecular weight excluding hydrogens is 316 g/mol. The maximum atomic E-state index is 10.7. The van der Waals surface area contributed by atoms with Crippen molar-refractivity contribution in [1.82, 2.24) is 9.88 Å². The normalized spacial score (nSPS) is 15.2. The Morgan fingerprint density at radius 2 is 1.80 bits per heavy atom. The Bertz CT molecular complexity index is 692. The van der Waals surface area contributed by atoms with E-state index in [0.717, 1.165) is 44.7 Å². The Labute approximate surface area is 148 Å². The molecule has 0 unspecified atom stereocenters. The van der Waals surface area contributed by atoms with E-state index in [1.807, 2.05) is 18.3 Å². The Morgan fingerprint density at radius 3 is 2.40 bits per heavy atom. The number of hydrogen-bond donors (Lipinski definition) is 1. The first kappa shape index (κ1) is 17.2. The van der Waals surface area contributed by atoms with Crippen molar-refractivity contribution in [2.24, 2.45) is 5.73 Å². The van der Waals surface area contributed by atoms with Gasteiger partial charge in [0.2, 0.25) is 0 Å². The average Bonchev–Trinajstić information content (AvgIpc) is 2.62. The summed E-state index contributed by atoms with van der Waals surface area (Å²) in [6.07, 6.45) is 2.94. The zero-order chi connectivity index (χ0) is 17.6. The number of pyridine rings is 1. The summed E-state index contributed by atoms with van der Waals surface area (Å²) in [5, 5.41) is 0. The minimum Gasteiger partial charge on any atom is -0.411 e. The van der Waals surface area contributed by atoms with Gasteiger partial charge in [-0.15, -0.1) is 0 Å². The van der Waals surface area contributed by atoms with Crippen LogP contribution in [-0.4, -0.2) is 49.2 Å². The summed E-state index contributed by atoms with van der Waals surface area (Å²) in [6.45, 7) is 4.29. The Morgan fingerprint density at radius 1 is 1.08 bits per heavy atom. The second kappa shape index (κ2) is 7.98. The number of piperazine rings is 1. The van der Waals surface area contributed by atoms with Crippen LogP contribution in [0.15, 0.2) is 42.6 Å². The zero-order valence-electron chi connectivity index (χ0n) is 14.5. The number of nitrogens with zero attached hydrogens (tertiary/aromatic N) is 3. The topological polar surface area (TPSA) is 71.7 Å². The number of nitrogens with two attached hydrogens (primary N) is 1. The molecule has 2 heterocycles. The highest BCUT2D eigenvalue weighted by Crippen LogP contribution is 2.17. The predicted molar refractivity (Wildman–Crippen MR) is 98.0 cm³/mol. The lowest BCUT2D eigenvalue weighted by atomic mass is 10.1. The summed E-state index contributed by atoms with van der Waals surface area (Å²) in [5.74, 6) is 0.464. The molecule has 6 heteroatoms. The minimum atomic E-state index is -0.794. The fourth-order valence-corrected chi connectivity index (χ4v) is 2.93. The van der Waals surface area contributed by atoms with Crippen molar-refractivity contribution in [1.29, 1.82) is 0 Å². The summed E-state index contributed by atoms with van der Waals surface area (Å²) in [6, 6.07) is 11.7. The summed E-state index contributed by atoms with van der Waals surface area (Å²) in [4.78, 5) is 20.0. The van der Waals surface area contributed by atoms with Gasteiger partial charge in [0, 0.05) is 31.9 Å². The van der Waals surface area contributed by atoms with Crippen LogP contribution in [0, 0.1) is 0 Å². The van der Waals surface area contributed by atoms with E-state index in [2.05, 4.69) is 34.0 Å². The van der Waals surface area contributed by atoms with E-state index in [4.69, 9.17) is 10.5 Å². The van der Waals surface area contributed by atoms with Crippen molar-refractivity contribution >= 4 is 11.8 Å². The molecule has 0 atom stereocenters. The number of rotatable bonds is 5. The predicted octanol–water partition coefficient (Wildman–Crippen LogP) is 2.08. The van der Waals surface area contributed by atoms with Gasteiger partial charge in [0.15, 0.2) is 0 Å². The molecule has 0 radical (unpaired) electrons. The Hall–Kier alpha value is -2.60. The van der Waals surface area contributed by atoms with Crippen LogP contribution in [0.5, 0.6) is 5.75 Å². The van der Waals surface area contributed by atoms with E-state index < -0.39 is 6.09 Å². The molecule has 0 bridgehead atoms. The van der Waals surface area contributed by atoms with Gasteiger partial charge in [-0.25, -0.2) is 4.79 Å². The molecule has 132 valence electrons. The molecule has 1 aliphatic rings. The molecule has 1 aromatic carbocycles. The number of amides is 1. The van der Waals surface area contributed by atoms with Gasteiger partial charge in [-0.1, -0.05) is 12.1 Å². The number of ether oxygens (including phenoxy) is 1. The molecule has 2 N–H and O–H groups in total. The molecule has 1 fully saturated rings. The van der Waals surface area contributed by atoms with Crippen LogP contribution in [0.4, 0.5) is 10.5 Å². The smallest absolute Gasteiger partial charge is 0.409 e. The van der Waals surface area contributed by atoms with Crippen LogP contribution in [0.25, 0.3) is 0 Å². The molecule has 0 aliphatic carbocycles. The maximum Gasteiger partial charge on any atom is 0.409 e. The quantitative estimate of drug-likeness (QED) is 0.902. The van der Waals surface area contributed by atoms with Crippen LogP contribution in [0.2, 0.25) is 0 Å². The summed E-state index contributed by atoms with van der Waals surface area (Å²) in [7, 11) is 2.16. The molecule has 6 nitrogen and oxygen atoms in total. The lowest BCUT2D eigenvalue weighted by molar-refractivity contribution is 0.211. The number of carbonyl (C=O) groups is 1. The van der Waals surface area contributed by atoms with Gasteiger partial charge in [0.1, 0.15) is 5.75 Å². The monoisotopic (exact) mass is 340 g/mol. The number of hydrogen-bond acceptors (Lipinski definition) is 5. The number of carbonyl (C=O) groups excluding carboxylic acids is 1. The number of anilines is 1. The molecule has 1 amide bonds. The summed E-state index contributed by atoms with van der Waals surface area (Å²) >= 11 is 0. The second-order valence-corrected chi connectivity index (χ2v) is 6.36. The van der Waals surface area contributed by atoms with Crippen molar-refractivity contribution in [2.75, 3.05) is 38.1 Å². The van der Waals surface area contributed by atoms with E-state index in [1.54, 1.807) is 12.1 Å². The number of benzene rings is 1. The van der Waals surface area contributed by atoms with Crippen molar-refractivity contribution < 1.29 is 9.53 Å². The molecule has 0 spiro atoms. The lowest BCUT2D eigenvalue weighted by Crippen LogP contribution is -2.44. The summed E-state index contributed by atoms with van der Waals surface area (Å²) in [5.41, 5.74) is 8.44. The van der Waals surface area contributed by atoms with Crippen LogP contribution in [0.3, 0.4) is 0 Å². The Balaban J connectivity index is 1.52. The van der Waals surface area contributed by atoms with Gasteiger partial charge in [0.25, 0.3) is 0 Å². The van der Waals surface area contributed by atoms with Gasteiger partial charge >= 0.3 is 6.09 Å². The first-order valence-corrected chi connectivity index (χ1v) is 8.55. The maximum absolute atomic E-state index is 10.7. The largest absolute Gasteiger partial charge is 0.411 e. The second-order valence-electron chi connectivity index (χ2n) is 6.36. The van der Waals surface area contributed by atoms with E-state index in [9.17, 15) is 4.79 Å². The number of primary amides is 1. The van der Waals surface area contributed by atoms with Crippen molar-refractivity contribution in [3.8, 4) is 5.75 Å². The number of aryl methyl sites for hydroxylation is 2. The van der Waals surface area contributed by atoms with Gasteiger partial charge < -0.3 is 20.3 Å². The third-order valence-electron chi connectivity index (χ3n) is 4.49. The molecule has 1 aromatic heterocycles. The Kier molecular flexibility index (Phi) is 5.50.